The topological polar surface area (TPSA) is 118 Å². The van der Waals surface area contributed by atoms with Gasteiger partial charge in [0.1, 0.15) is 5.75 Å². The zero-order valence-electron chi connectivity index (χ0n) is 11.9. The molecule has 1 aromatic rings. The molecule has 1 aliphatic rings. The number of ether oxygens (including phenoxy) is 1. The van der Waals surface area contributed by atoms with E-state index in [1.165, 1.54) is 25.1 Å². The number of hydrogen-bond acceptors (Lipinski definition) is 6. The summed E-state index contributed by atoms with van der Waals surface area (Å²) in [5.41, 5.74) is 0.0227. The molecule has 122 valence electrons. The number of carboxylic acid groups (broad SMARTS) is 1. The summed E-state index contributed by atoms with van der Waals surface area (Å²) in [7, 11) is -7.30. The van der Waals surface area contributed by atoms with Crippen molar-refractivity contribution in [3.05, 3.63) is 18.2 Å². The number of nitrogens with zero attached hydrogens (tertiary/aromatic N) is 1. The summed E-state index contributed by atoms with van der Waals surface area (Å²) < 4.78 is 53.6. The van der Waals surface area contributed by atoms with Gasteiger partial charge in [0, 0.05) is 0 Å². The zero-order chi connectivity index (χ0) is 16.7. The molecule has 0 bridgehead atoms. The number of anilines is 1. The number of carboxylic acids is 1. The Morgan fingerprint density at radius 1 is 1.36 bits per heavy atom. The van der Waals surface area contributed by atoms with Crippen LogP contribution in [-0.2, 0) is 24.7 Å². The highest BCUT2D eigenvalue weighted by molar-refractivity contribution is 7.92. The molecule has 0 saturated carbocycles. The fourth-order valence-corrected chi connectivity index (χ4v) is 3.84. The minimum atomic E-state index is -3.78. The molecule has 0 saturated heterocycles. The molecule has 1 N–H and O–H groups in total. The van der Waals surface area contributed by atoms with Crippen LogP contribution >= 0.6 is 0 Å². The normalized spacial score (nSPS) is 18.5. The van der Waals surface area contributed by atoms with Gasteiger partial charge in [0.15, 0.2) is 9.84 Å². The minimum Gasteiger partial charge on any atom is -0.478 e. The van der Waals surface area contributed by atoms with Crippen molar-refractivity contribution in [3.63, 3.8) is 0 Å². The van der Waals surface area contributed by atoms with Crippen LogP contribution in [0.15, 0.2) is 23.1 Å². The Morgan fingerprint density at radius 3 is 2.50 bits per heavy atom. The Labute approximate surface area is 128 Å². The van der Waals surface area contributed by atoms with Crippen molar-refractivity contribution in [3.8, 4) is 5.75 Å². The van der Waals surface area contributed by atoms with Gasteiger partial charge in [0.25, 0.3) is 0 Å². The molecular weight excluding hydrogens is 334 g/mol. The molecule has 0 spiro atoms. The van der Waals surface area contributed by atoms with E-state index in [2.05, 4.69) is 0 Å². The molecule has 10 heteroatoms. The Balaban J connectivity index is 2.62. The van der Waals surface area contributed by atoms with Crippen molar-refractivity contribution in [1.29, 1.82) is 0 Å². The van der Waals surface area contributed by atoms with Gasteiger partial charge >= 0.3 is 5.97 Å². The fourth-order valence-electron chi connectivity index (χ4n) is 2.03. The van der Waals surface area contributed by atoms with E-state index in [0.717, 1.165) is 10.6 Å². The van der Waals surface area contributed by atoms with Gasteiger partial charge in [0.2, 0.25) is 16.1 Å². The monoisotopic (exact) mass is 349 g/mol. The van der Waals surface area contributed by atoms with Crippen molar-refractivity contribution in [2.24, 2.45) is 0 Å². The number of benzene rings is 1. The average molecular weight is 349 g/mol. The van der Waals surface area contributed by atoms with E-state index in [0.29, 0.717) is 0 Å². The van der Waals surface area contributed by atoms with E-state index in [4.69, 9.17) is 9.84 Å². The van der Waals surface area contributed by atoms with Crippen LogP contribution in [0.4, 0.5) is 5.69 Å². The van der Waals surface area contributed by atoms with Gasteiger partial charge in [-0.2, -0.15) is 0 Å². The van der Waals surface area contributed by atoms with Crippen LogP contribution in [-0.4, -0.2) is 52.6 Å². The summed E-state index contributed by atoms with van der Waals surface area (Å²) in [5, 5.41) is 9.03. The average Bonchev–Trinajstić information content (AvgIpc) is 2.44. The zero-order valence-corrected chi connectivity index (χ0v) is 13.5. The van der Waals surface area contributed by atoms with Gasteiger partial charge in [-0.3, -0.25) is 4.31 Å². The maximum atomic E-state index is 11.9. The van der Waals surface area contributed by atoms with Gasteiger partial charge < -0.3 is 9.84 Å². The molecule has 1 atom stereocenters. The predicted molar refractivity (Wildman–Crippen MR) is 78.4 cm³/mol. The van der Waals surface area contributed by atoms with Gasteiger partial charge in [-0.1, -0.05) is 6.92 Å². The highest BCUT2D eigenvalue weighted by atomic mass is 32.2. The Hall–Kier alpha value is -1.81. The lowest BCUT2D eigenvalue weighted by Gasteiger charge is -2.33. The number of carbonyl (C=O) groups is 1. The van der Waals surface area contributed by atoms with Crippen LogP contribution < -0.4 is 9.04 Å². The number of sulfone groups is 1. The molecule has 0 amide bonds. The van der Waals surface area contributed by atoms with Gasteiger partial charge in [0.05, 0.1) is 29.1 Å². The van der Waals surface area contributed by atoms with E-state index in [1.807, 2.05) is 0 Å². The lowest BCUT2D eigenvalue weighted by Crippen LogP contribution is -2.46. The molecule has 0 unspecified atom stereocenters. The van der Waals surface area contributed by atoms with Crippen LogP contribution in [0.25, 0.3) is 0 Å². The molecule has 0 aliphatic carbocycles. The SMILES string of the molecule is CCS(=O)(=O)c1ccc2c(c1)N(S(C)(=O)=O)C[C@H](C(=O)O)O2. The van der Waals surface area contributed by atoms with Crippen LogP contribution in [0, 0.1) is 0 Å². The highest BCUT2D eigenvalue weighted by Crippen LogP contribution is 2.37. The molecule has 0 radical (unpaired) electrons. The van der Waals surface area contributed by atoms with Crippen LogP contribution in [0.1, 0.15) is 6.92 Å². The molecule has 8 nitrogen and oxygen atoms in total. The van der Waals surface area contributed by atoms with E-state index < -0.39 is 38.5 Å². The smallest absolute Gasteiger partial charge is 0.346 e. The van der Waals surface area contributed by atoms with E-state index >= 15 is 0 Å². The fraction of sp³-hybridized carbons (Fsp3) is 0.417. The molecule has 1 aromatic carbocycles. The third-order valence-corrected chi connectivity index (χ3v) is 6.09. The standard InChI is InChI=1S/C12H15NO7S2/c1-3-22(18,19)8-4-5-10-9(6-8)13(21(2,16)17)7-11(20-10)12(14)15/h4-6,11H,3,7H2,1-2H3,(H,14,15)/t11-/m1/s1. The van der Waals surface area contributed by atoms with E-state index in [9.17, 15) is 21.6 Å². The summed E-state index contributed by atoms with van der Waals surface area (Å²) in [4.78, 5) is 11.0. The second-order valence-corrected chi connectivity index (χ2v) is 8.96. The molecule has 2 rings (SSSR count). The van der Waals surface area contributed by atoms with Crippen LogP contribution in [0.2, 0.25) is 0 Å². The van der Waals surface area contributed by atoms with Gasteiger partial charge in [-0.25, -0.2) is 21.6 Å². The van der Waals surface area contributed by atoms with Crippen molar-refractivity contribution >= 4 is 31.5 Å². The van der Waals surface area contributed by atoms with Gasteiger partial charge in [-0.15, -0.1) is 0 Å². The molecule has 22 heavy (non-hydrogen) atoms. The summed E-state index contributed by atoms with van der Waals surface area (Å²) >= 11 is 0. The number of hydrogen-bond donors (Lipinski definition) is 1. The number of sulfonamides is 1. The van der Waals surface area contributed by atoms with Crippen LogP contribution in [0.5, 0.6) is 5.75 Å². The largest absolute Gasteiger partial charge is 0.478 e. The quantitative estimate of drug-likeness (QED) is 0.818. The van der Waals surface area contributed by atoms with E-state index in [1.54, 1.807) is 0 Å². The summed E-state index contributed by atoms with van der Waals surface area (Å²) in [6.45, 7) is 1.05. The van der Waals surface area contributed by atoms with Crippen molar-refractivity contribution in [1.82, 2.24) is 0 Å². The van der Waals surface area contributed by atoms with Gasteiger partial charge in [-0.05, 0) is 18.2 Å². The predicted octanol–water partition coefficient (Wildman–Crippen LogP) is 0.0918. The molecule has 0 fully saturated rings. The second kappa shape index (κ2) is 5.43. The second-order valence-electron chi connectivity index (χ2n) is 4.77. The minimum absolute atomic E-state index is 0.0131. The first-order chi connectivity index (χ1) is 10.1. The first-order valence-corrected chi connectivity index (χ1v) is 9.80. The Bertz CT molecular complexity index is 814. The molecule has 1 heterocycles. The lowest BCUT2D eigenvalue weighted by molar-refractivity contribution is -0.144. The molecular formula is C12H15NO7S2. The first kappa shape index (κ1) is 16.6. The van der Waals surface area contributed by atoms with Crippen molar-refractivity contribution < 1.29 is 31.5 Å². The molecule has 0 aromatic heterocycles. The Kier molecular flexibility index (Phi) is 4.09. The summed E-state index contributed by atoms with van der Waals surface area (Å²) in [6.07, 6.45) is -0.432. The van der Waals surface area contributed by atoms with Crippen molar-refractivity contribution in [2.45, 2.75) is 17.9 Å². The third kappa shape index (κ3) is 3.02. The maximum absolute atomic E-state index is 11.9. The third-order valence-electron chi connectivity index (χ3n) is 3.21. The summed E-state index contributed by atoms with van der Waals surface area (Å²) in [5.74, 6) is -1.42. The first-order valence-electron chi connectivity index (χ1n) is 6.30. The van der Waals surface area contributed by atoms with Crippen LogP contribution in [0.3, 0.4) is 0 Å². The van der Waals surface area contributed by atoms with Crippen molar-refractivity contribution in [2.75, 3.05) is 22.9 Å². The summed E-state index contributed by atoms with van der Waals surface area (Å²) in [6, 6.07) is 3.72. The number of rotatable bonds is 4. The Morgan fingerprint density at radius 2 is 2.00 bits per heavy atom. The number of aliphatic carboxylic acids is 1. The lowest BCUT2D eigenvalue weighted by atomic mass is 10.2. The maximum Gasteiger partial charge on any atom is 0.346 e. The number of fused-ring (bicyclic) bond motifs is 1. The molecule has 1 aliphatic heterocycles. The highest BCUT2D eigenvalue weighted by Gasteiger charge is 2.35. The van der Waals surface area contributed by atoms with E-state index in [-0.39, 0.29) is 22.1 Å².